The van der Waals surface area contributed by atoms with Gasteiger partial charge in [0.1, 0.15) is 71.6 Å². The number of hydrogen-bond donors (Lipinski definition) is 0. The molecule has 6 aromatic rings. The maximum Gasteiger partial charge on any atom is 0.426 e. The third-order valence-corrected chi connectivity index (χ3v) is 14.3. The second kappa shape index (κ2) is 25.4. The van der Waals surface area contributed by atoms with Gasteiger partial charge >= 0.3 is 46.1 Å². The molecule has 0 amide bonds. The number of nitrogens with zero attached hydrogens (tertiary/aromatic N) is 8. The molecule has 2 fully saturated rings. The van der Waals surface area contributed by atoms with Crippen molar-refractivity contribution in [3.8, 4) is 34.0 Å². The van der Waals surface area contributed by atoms with E-state index >= 15 is 4.55 Å². The Hall–Kier alpha value is -8.17. The van der Waals surface area contributed by atoms with Gasteiger partial charge in [-0.1, -0.05) is 33.6 Å². The Morgan fingerprint density at radius 2 is 0.893 bits per heavy atom. The number of rotatable bonds is 18. The lowest BCUT2D eigenvalue weighted by atomic mass is 9.94. The van der Waals surface area contributed by atoms with Gasteiger partial charge in [-0.05, 0) is 24.3 Å². The van der Waals surface area contributed by atoms with Gasteiger partial charge in [-0.3, -0.25) is 48.2 Å². The Labute approximate surface area is 481 Å². The van der Waals surface area contributed by atoms with Crippen LogP contribution in [0, 0.1) is 34.9 Å². The molecule has 2 aliphatic heterocycles. The fourth-order valence-corrected chi connectivity index (χ4v) is 11.2. The lowest BCUT2D eigenvalue weighted by Crippen LogP contribution is -2.78. The summed E-state index contributed by atoms with van der Waals surface area (Å²) in [5.41, 5.74) is -1.86. The van der Waals surface area contributed by atoms with Crippen molar-refractivity contribution >= 4 is 70.2 Å². The highest BCUT2D eigenvalue weighted by Crippen LogP contribution is 2.54. The second-order valence-electron chi connectivity index (χ2n) is 18.1. The van der Waals surface area contributed by atoms with E-state index in [1.165, 1.54) is 0 Å². The van der Waals surface area contributed by atoms with Gasteiger partial charge in [0.2, 0.25) is 12.2 Å². The van der Waals surface area contributed by atoms with E-state index in [0.29, 0.717) is 24.3 Å². The Balaban J connectivity index is 1.50. The third kappa shape index (κ3) is 13.3. The molecule has 8 rings (SSSR count). The molecular formula is C50H42Cl2F6N8O17S. The molecule has 6 heterocycles. The normalized spacial score (nSPS) is 24.2. The van der Waals surface area contributed by atoms with Crippen LogP contribution < -0.4 is 9.47 Å². The topological polar surface area (TPSA) is 305 Å². The highest BCUT2D eigenvalue weighted by Gasteiger charge is 2.80. The highest BCUT2D eigenvalue weighted by molar-refractivity contribution is 7.93. The Bertz CT molecular complexity index is 3250. The molecule has 0 spiro atoms. The lowest BCUT2D eigenvalue weighted by Gasteiger charge is -2.55. The lowest BCUT2D eigenvalue weighted by molar-refractivity contribution is -0.311. The van der Waals surface area contributed by atoms with E-state index in [-0.39, 0.29) is 10.0 Å². The molecule has 446 valence electrons. The van der Waals surface area contributed by atoms with Crippen LogP contribution in [0.4, 0.5) is 26.3 Å². The van der Waals surface area contributed by atoms with E-state index in [1.807, 2.05) is 0 Å². The fraction of sp³-hybridized carbons (Fsp3) is 0.360. The number of carbonyl (C=O) groups is 6. The van der Waals surface area contributed by atoms with E-state index in [2.05, 4.69) is 30.6 Å². The number of ether oxygens (including phenoxy) is 10. The minimum atomic E-state index is -3.86. The van der Waals surface area contributed by atoms with Crippen LogP contribution in [0.5, 0.6) is 11.5 Å². The van der Waals surface area contributed by atoms with E-state index in [9.17, 15) is 55.1 Å². The van der Waals surface area contributed by atoms with Crippen molar-refractivity contribution in [2.75, 3.05) is 13.2 Å². The number of carbonyl (C=O) groups excluding carboxylic acids is 6. The van der Waals surface area contributed by atoms with E-state index in [1.54, 1.807) is 0 Å². The van der Waals surface area contributed by atoms with Crippen LogP contribution in [0.2, 0.25) is 10.0 Å². The van der Waals surface area contributed by atoms with Crippen LogP contribution in [-0.2, 0) is 77.8 Å². The number of esters is 6. The molecule has 0 aliphatic carbocycles. The van der Waals surface area contributed by atoms with E-state index in [4.69, 9.17) is 70.6 Å². The molecule has 2 aliphatic rings. The van der Waals surface area contributed by atoms with Crippen LogP contribution >= 0.6 is 23.2 Å². The number of pyridine rings is 2. The van der Waals surface area contributed by atoms with Crippen molar-refractivity contribution in [1.29, 1.82) is 0 Å². The molecule has 2 aromatic carbocycles. The first-order valence-corrected chi connectivity index (χ1v) is 26.1. The largest absolute Gasteiger partial charge is 0.606 e. The Morgan fingerprint density at radius 3 is 1.20 bits per heavy atom. The van der Waals surface area contributed by atoms with Crippen molar-refractivity contribution in [1.82, 2.24) is 40.0 Å². The summed E-state index contributed by atoms with van der Waals surface area (Å²) < 4.78 is 168. The number of hydrogen-bond acceptors (Lipinski definition) is 23. The van der Waals surface area contributed by atoms with Crippen LogP contribution in [-0.4, -0.2) is 140 Å². The van der Waals surface area contributed by atoms with Crippen molar-refractivity contribution < 1.29 is 107 Å². The van der Waals surface area contributed by atoms with E-state index in [0.717, 1.165) is 100 Å². The van der Waals surface area contributed by atoms with Gasteiger partial charge in [-0.2, -0.15) is 0 Å². The SMILES string of the molecule is CC(=O)OC[C@@H]1O[C@](Oc2cncc(Cl)c2)([S+]([O-])C2(Oc3cncc(Cl)c3)O[C@H](COC(C)=O)[C@H](OC(C)=O)[C@H](n3cc(-c4cc(F)c(F)c(F)c4)nn3)[C@H]2OC(C)=O)[C@@H](OC(C)=O)[C@H](n2cc(-c3cc(F)c(F)c(F)c3)nn2)[C@@H]1OC(C)=O. The van der Waals surface area contributed by atoms with Gasteiger partial charge in [0.15, 0.2) is 47.1 Å². The van der Waals surface area contributed by atoms with Crippen molar-refractivity contribution in [3.05, 3.63) is 119 Å². The standard InChI is InChI=1S/C50H42Cl2F6N8O17S/c1-21(67)74-19-39-45(76-23(3)69)43(65-17-37(61-63-65)27-7-33(53)41(57)34(54)8-27)47(78-25(5)71)49(82-39,80-31-11-29(51)13-59-15-31)84(73)50(81-32-12-30(52)14-60-16-32)48(79-26(6)72)44(46(77-24(4)70)40(83-50)20-75-22(2)68)66-18-38(62-64-66)28-9-35(55)42(58)36(56)10-28/h7-18,39-40,43-48H,19-20H2,1-6H3/t39-,40+,43+,44-,45+,46-,47-,48+,49-,50?,84?/m0/s1. The molecule has 25 nitrogen and oxygen atoms in total. The summed E-state index contributed by atoms with van der Waals surface area (Å²) >= 11 is 9.04. The zero-order valence-corrected chi connectivity index (χ0v) is 46.2. The van der Waals surface area contributed by atoms with Crippen LogP contribution in [0.1, 0.15) is 53.6 Å². The van der Waals surface area contributed by atoms with Gasteiger partial charge < -0.3 is 42.4 Å². The van der Waals surface area contributed by atoms with Gasteiger partial charge in [0.25, 0.3) is 0 Å². The van der Waals surface area contributed by atoms with Crippen molar-refractivity contribution in [3.63, 3.8) is 0 Å². The summed E-state index contributed by atoms with van der Waals surface area (Å²) in [5.74, 6) is -18.6. The number of halogens is 8. The van der Waals surface area contributed by atoms with Crippen LogP contribution in [0.15, 0.2) is 73.6 Å². The maximum absolute atomic E-state index is 17.6. The van der Waals surface area contributed by atoms with Gasteiger partial charge in [0.05, 0.1) is 34.8 Å². The molecule has 0 saturated carbocycles. The molecular weight excluding hydrogens is 1200 g/mol. The Morgan fingerprint density at radius 1 is 0.548 bits per heavy atom. The monoisotopic (exact) mass is 1240 g/mol. The predicted octanol–water partition coefficient (Wildman–Crippen LogP) is 5.78. The minimum absolute atomic E-state index is 0.213. The fourth-order valence-electron chi connectivity index (χ4n) is 8.92. The second-order valence-corrected chi connectivity index (χ2v) is 20.7. The molecule has 2 saturated heterocycles. The molecule has 34 heteroatoms. The summed E-state index contributed by atoms with van der Waals surface area (Å²) in [6.45, 7) is 3.22. The minimum Gasteiger partial charge on any atom is -0.606 e. The first-order valence-electron chi connectivity index (χ1n) is 24.2. The molecule has 0 bridgehead atoms. The maximum atomic E-state index is 17.6. The van der Waals surface area contributed by atoms with Crippen molar-refractivity contribution in [2.24, 2.45) is 0 Å². The molecule has 0 radical (unpaired) electrons. The smallest absolute Gasteiger partial charge is 0.426 e. The molecule has 0 N–H and O–H groups in total. The first kappa shape index (κ1) is 61.9. The molecule has 84 heavy (non-hydrogen) atoms. The average molecular weight is 1240 g/mol. The molecule has 2 unspecified atom stereocenters. The molecule has 4 aromatic heterocycles. The van der Waals surface area contributed by atoms with Gasteiger partial charge in [0, 0.05) is 77.2 Å². The Kier molecular flexibility index (Phi) is 18.7. The summed E-state index contributed by atoms with van der Waals surface area (Å²) in [6.07, 6.45) is -7.48. The quantitative estimate of drug-likeness (QED) is 0.0323. The van der Waals surface area contributed by atoms with Crippen LogP contribution in [0.25, 0.3) is 22.5 Å². The summed E-state index contributed by atoms with van der Waals surface area (Å²) in [6, 6.07) is -0.0734. The molecule has 11 atom stereocenters. The van der Waals surface area contributed by atoms with Crippen LogP contribution in [0.3, 0.4) is 0 Å². The van der Waals surface area contributed by atoms with E-state index < -0.39 is 188 Å². The first-order chi connectivity index (χ1) is 39.7. The third-order valence-electron chi connectivity index (χ3n) is 12.0. The summed E-state index contributed by atoms with van der Waals surface area (Å²) in [5, 5.41) is 8.57. The summed E-state index contributed by atoms with van der Waals surface area (Å²) in [4.78, 5) is 87.9. The van der Waals surface area contributed by atoms with Gasteiger partial charge in [-0.25, -0.2) is 35.7 Å². The zero-order valence-electron chi connectivity index (χ0n) is 43.9. The van der Waals surface area contributed by atoms with Crippen molar-refractivity contribution in [2.45, 2.75) is 100 Å². The average Bonchev–Trinajstić information content (AvgIpc) is 1.09. The summed E-state index contributed by atoms with van der Waals surface area (Å²) in [7, 11) is 0. The highest BCUT2D eigenvalue weighted by atomic mass is 35.5. The van der Waals surface area contributed by atoms with Gasteiger partial charge in [-0.15, -0.1) is 10.2 Å². The predicted molar refractivity (Wildman–Crippen MR) is 267 cm³/mol. The number of aromatic nitrogens is 8. The number of benzene rings is 2. The zero-order chi connectivity index (χ0) is 61.1.